The van der Waals surface area contributed by atoms with E-state index in [0.717, 1.165) is 6.07 Å². The number of rotatable bonds is 3. The van der Waals surface area contributed by atoms with Crippen molar-refractivity contribution in [3.63, 3.8) is 0 Å². The molecular weight excluding hydrogens is 342 g/mol. The predicted octanol–water partition coefficient (Wildman–Crippen LogP) is 2.81. The molecule has 0 fully saturated rings. The Morgan fingerprint density at radius 3 is 2.38 bits per heavy atom. The third kappa shape index (κ3) is 3.32. The Morgan fingerprint density at radius 2 is 1.71 bits per heavy atom. The second-order valence-corrected chi connectivity index (χ2v) is 5.07. The van der Waals surface area contributed by atoms with Crippen molar-refractivity contribution >= 4 is 33.5 Å². The number of nitrogens with one attached hydrogen (secondary N) is 1. The fraction of sp³-hybridized carbons (Fsp3) is 0. The standard InChI is InChI=1S/C14H10BrNO5/c15-7-1-3-9(14(20)21)11(5-7)16-13(19)10-6-8(17)2-4-12(10)18/h1-6,17-18H,(H,16,19)(H,20,21). The number of carbonyl (C=O) groups excluding carboxylic acids is 1. The molecule has 0 spiro atoms. The molecule has 0 saturated heterocycles. The summed E-state index contributed by atoms with van der Waals surface area (Å²) in [6.07, 6.45) is 0. The third-order valence-electron chi connectivity index (χ3n) is 2.68. The maximum absolute atomic E-state index is 12.1. The van der Waals surface area contributed by atoms with Gasteiger partial charge in [0, 0.05) is 4.47 Å². The number of phenolic OH excluding ortho intramolecular Hbond substituents is 2. The van der Waals surface area contributed by atoms with Crippen molar-refractivity contribution in [2.75, 3.05) is 5.32 Å². The molecule has 2 aromatic rings. The molecule has 7 heteroatoms. The molecule has 0 saturated carbocycles. The first-order chi connectivity index (χ1) is 9.88. The SMILES string of the molecule is O=C(Nc1cc(Br)ccc1C(=O)O)c1cc(O)ccc1O. The molecule has 108 valence electrons. The van der Waals surface area contributed by atoms with Crippen LogP contribution in [0.5, 0.6) is 11.5 Å². The van der Waals surface area contributed by atoms with Crippen LogP contribution in [-0.2, 0) is 0 Å². The summed E-state index contributed by atoms with van der Waals surface area (Å²) in [5.74, 6) is -2.44. The molecule has 0 heterocycles. The fourth-order valence-electron chi connectivity index (χ4n) is 1.70. The number of hydrogen-bond donors (Lipinski definition) is 4. The number of benzene rings is 2. The van der Waals surface area contributed by atoms with Crippen LogP contribution in [0.2, 0.25) is 0 Å². The van der Waals surface area contributed by atoms with Crippen molar-refractivity contribution < 1.29 is 24.9 Å². The Labute approximate surface area is 127 Å². The molecule has 0 unspecified atom stereocenters. The molecular formula is C14H10BrNO5. The first kappa shape index (κ1) is 14.9. The monoisotopic (exact) mass is 351 g/mol. The highest BCUT2D eigenvalue weighted by Gasteiger charge is 2.16. The van der Waals surface area contributed by atoms with E-state index in [0.29, 0.717) is 4.47 Å². The van der Waals surface area contributed by atoms with Gasteiger partial charge in [-0.05, 0) is 36.4 Å². The number of carboxylic acids is 1. The molecule has 0 radical (unpaired) electrons. The van der Waals surface area contributed by atoms with Crippen LogP contribution in [0.1, 0.15) is 20.7 Å². The van der Waals surface area contributed by atoms with E-state index in [-0.39, 0.29) is 28.3 Å². The van der Waals surface area contributed by atoms with Crippen molar-refractivity contribution in [2.45, 2.75) is 0 Å². The van der Waals surface area contributed by atoms with Crippen LogP contribution in [0, 0.1) is 0 Å². The summed E-state index contributed by atoms with van der Waals surface area (Å²) >= 11 is 3.18. The van der Waals surface area contributed by atoms with Gasteiger partial charge in [0.05, 0.1) is 16.8 Å². The van der Waals surface area contributed by atoms with Crippen LogP contribution in [0.3, 0.4) is 0 Å². The van der Waals surface area contributed by atoms with E-state index >= 15 is 0 Å². The van der Waals surface area contributed by atoms with Crippen LogP contribution in [0.4, 0.5) is 5.69 Å². The molecule has 0 atom stereocenters. The van der Waals surface area contributed by atoms with Gasteiger partial charge in [0.25, 0.3) is 5.91 Å². The summed E-state index contributed by atoms with van der Waals surface area (Å²) in [7, 11) is 0. The van der Waals surface area contributed by atoms with Gasteiger partial charge < -0.3 is 20.6 Å². The average Bonchev–Trinajstić information content (AvgIpc) is 2.41. The van der Waals surface area contributed by atoms with Gasteiger partial charge in [-0.25, -0.2) is 4.79 Å². The number of phenols is 2. The van der Waals surface area contributed by atoms with Gasteiger partial charge in [0.1, 0.15) is 11.5 Å². The number of carboxylic acid groups (broad SMARTS) is 1. The number of anilines is 1. The van der Waals surface area contributed by atoms with Crippen molar-refractivity contribution in [2.24, 2.45) is 0 Å². The third-order valence-corrected chi connectivity index (χ3v) is 3.18. The van der Waals surface area contributed by atoms with Crippen molar-refractivity contribution in [1.29, 1.82) is 0 Å². The molecule has 1 amide bonds. The van der Waals surface area contributed by atoms with E-state index < -0.39 is 11.9 Å². The molecule has 0 aromatic heterocycles. The first-order valence-corrected chi connectivity index (χ1v) is 6.54. The van der Waals surface area contributed by atoms with E-state index in [1.165, 1.54) is 30.3 Å². The highest BCUT2D eigenvalue weighted by atomic mass is 79.9. The number of amides is 1. The van der Waals surface area contributed by atoms with Crippen LogP contribution >= 0.6 is 15.9 Å². The van der Waals surface area contributed by atoms with Gasteiger partial charge in [0.2, 0.25) is 0 Å². The largest absolute Gasteiger partial charge is 0.508 e. The lowest BCUT2D eigenvalue weighted by atomic mass is 10.1. The Kier molecular flexibility index (Phi) is 4.13. The minimum Gasteiger partial charge on any atom is -0.508 e. The lowest BCUT2D eigenvalue weighted by Crippen LogP contribution is -2.15. The van der Waals surface area contributed by atoms with Crippen LogP contribution < -0.4 is 5.32 Å². The first-order valence-electron chi connectivity index (χ1n) is 5.74. The fourth-order valence-corrected chi connectivity index (χ4v) is 2.06. The maximum atomic E-state index is 12.1. The van der Waals surface area contributed by atoms with Crippen LogP contribution in [-0.4, -0.2) is 27.2 Å². The zero-order valence-corrected chi connectivity index (χ0v) is 12.1. The molecule has 0 bridgehead atoms. The van der Waals surface area contributed by atoms with Crippen molar-refractivity contribution in [3.8, 4) is 11.5 Å². The zero-order chi connectivity index (χ0) is 15.6. The van der Waals surface area contributed by atoms with Gasteiger partial charge in [-0.1, -0.05) is 15.9 Å². The Bertz CT molecular complexity index is 729. The molecule has 0 aliphatic rings. The summed E-state index contributed by atoms with van der Waals surface area (Å²) < 4.78 is 0.586. The summed E-state index contributed by atoms with van der Waals surface area (Å²) in [5, 5.41) is 30.4. The van der Waals surface area contributed by atoms with E-state index in [4.69, 9.17) is 5.11 Å². The highest BCUT2D eigenvalue weighted by molar-refractivity contribution is 9.10. The normalized spacial score (nSPS) is 10.1. The van der Waals surface area contributed by atoms with E-state index in [9.17, 15) is 19.8 Å². The van der Waals surface area contributed by atoms with Gasteiger partial charge in [-0.15, -0.1) is 0 Å². The Hall–Kier alpha value is -2.54. The lowest BCUT2D eigenvalue weighted by Gasteiger charge is -2.10. The molecule has 6 nitrogen and oxygen atoms in total. The molecule has 0 aliphatic heterocycles. The van der Waals surface area contributed by atoms with E-state index in [1.54, 1.807) is 0 Å². The summed E-state index contributed by atoms with van der Waals surface area (Å²) in [6, 6.07) is 7.79. The maximum Gasteiger partial charge on any atom is 0.337 e. The van der Waals surface area contributed by atoms with Gasteiger partial charge in [-0.3, -0.25) is 4.79 Å². The van der Waals surface area contributed by atoms with E-state index in [1.807, 2.05) is 0 Å². The number of aromatic carboxylic acids is 1. The Balaban J connectivity index is 2.38. The zero-order valence-electron chi connectivity index (χ0n) is 10.5. The van der Waals surface area contributed by atoms with E-state index in [2.05, 4.69) is 21.2 Å². The smallest absolute Gasteiger partial charge is 0.337 e. The molecule has 2 rings (SSSR count). The number of halogens is 1. The average molecular weight is 352 g/mol. The van der Waals surface area contributed by atoms with Crippen LogP contribution in [0.25, 0.3) is 0 Å². The minimum atomic E-state index is -1.20. The second kappa shape index (κ2) is 5.84. The second-order valence-electron chi connectivity index (χ2n) is 4.15. The summed E-state index contributed by atoms with van der Waals surface area (Å²) in [6.45, 7) is 0. The summed E-state index contributed by atoms with van der Waals surface area (Å²) in [5.41, 5.74) is -0.179. The number of aromatic hydroxyl groups is 2. The predicted molar refractivity (Wildman–Crippen MR) is 78.8 cm³/mol. The van der Waals surface area contributed by atoms with Gasteiger partial charge >= 0.3 is 5.97 Å². The Morgan fingerprint density at radius 1 is 1.00 bits per heavy atom. The highest BCUT2D eigenvalue weighted by Crippen LogP contribution is 2.26. The molecule has 2 aromatic carbocycles. The lowest BCUT2D eigenvalue weighted by molar-refractivity contribution is 0.0698. The van der Waals surface area contributed by atoms with Gasteiger partial charge in [-0.2, -0.15) is 0 Å². The number of carbonyl (C=O) groups is 2. The van der Waals surface area contributed by atoms with Crippen molar-refractivity contribution in [1.82, 2.24) is 0 Å². The number of hydrogen-bond acceptors (Lipinski definition) is 4. The molecule has 0 aliphatic carbocycles. The quantitative estimate of drug-likeness (QED) is 0.636. The van der Waals surface area contributed by atoms with Gasteiger partial charge in [0.15, 0.2) is 0 Å². The topological polar surface area (TPSA) is 107 Å². The summed E-state index contributed by atoms with van der Waals surface area (Å²) in [4.78, 5) is 23.2. The molecule has 4 N–H and O–H groups in total. The minimum absolute atomic E-state index is 0.0737. The van der Waals surface area contributed by atoms with Crippen LogP contribution in [0.15, 0.2) is 40.9 Å². The molecule has 21 heavy (non-hydrogen) atoms. The van der Waals surface area contributed by atoms with Crippen molar-refractivity contribution in [3.05, 3.63) is 52.0 Å².